The van der Waals surface area contributed by atoms with E-state index in [1.165, 1.54) is 13.0 Å². The van der Waals surface area contributed by atoms with Crippen molar-refractivity contribution in [3.8, 4) is 0 Å². The van der Waals surface area contributed by atoms with Crippen molar-refractivity contribution in [1.29, 1.82) is 0 Å². The monoisotopic (exact) mass is 251 g/mol. The van der Waals surface area contributed by atoms with Gasteiger partial charge < -0.3 is 0 Å². The van der Waals surface area contributed by atoms with Crippen LogP contribution < -0.4 is 4.72 Å². The van der Waals surface area contributed by atoms with Crippen molar-refractivity contribution < 1.29 is 13.2 Å². The number of carbonyl (C=O) groups excluding carboxylic acids is 1. The van der Waals surface area contributed by atoms with E-state index in [2.05, 4.69) is 0 Å². The van der Waals surface area contributed by atoms with Crippen LogP contribution in [-0.4, -0.2) is 14.3 Å². The third-order valence-corrected chi connectivity index (χ3v) is 4.08. The van der Waals surface area contributed by atoms with Crippen LogP contribution in [-0.2, 0) is 21.2 Å². The lowest BCUT2D eigenvalue weighted by molar-refractivity contribution is -0.117. The van der Waals surface area contributed by atoms with Gasteiger partial charge in [0.25, 0.3) is 10.0 Å². The van der Waals surface area contributed by atoms with Crippen molar-refractivity contribution in [3.63, 3.8) is 0 Å². The molecular formula is C12H13NO3S. The highest BCUT2D eigenvalue weighted by molar-refractivity contribution is 7.90. The van der Waals surface area contributed by atoms with Crippen LogP contribution in [0.1, 0.15) is 24.5 Å². The minimum absolute atomic E-state index is 0.168. The summed E-state index contributed by atoms with van der Waals surface area (Å²) in [5.41, 5.74) is 1.69. The summed E-state index contributed by atoms with van der Waals surface area (Å²) in [7, 11) is -3.75. The summed E-state index contributed by atoms with van der Waals surface area (Å²) in [5.74, 6) is -0.581. The third kappa shape index (κ3) is 2.39. The highest BCUT2D eigenvalue weighted by Crippen LogP contribution is 2.25. The van der Waals surface area contributed by atoms with Gasteiger partial charge in [0.05, 0.1) is 4.90 Å². The van der Waals surface area contributed by atoms with E-state index < -0.39 is 15.9 Å². The third-order valence-electron chi connectivity index (χ3n) is 2.59. The van der Waals surface area contributed by atoms with Crippen molar-refractivity contribution in [2.24, 2.45) is 0 Å². The molecule has 1 aromatic carbocycles. The maximum absolute atomic E-state index is 11.9. The van der Waals surface area contributed by atoms with Gasteiger partial charge in [0, 0.05) is 6.92 Å². The highest BCUT2D eigenvalue weighted by atomic mass is 32.2. The smallest absolute Gasteiger partial charge is 0.264 e. The molecule has 1 N–H and O–H groups in total. The summed E-state index contributed by atoms with van der Waals surface area (Å²) < 4.78 is 25.9. The Kier molecular flexibility index (Phi) is 3.02. The average Bonchev–Trinajstić information content (AvgIpc) is 2.26. The number of nitrogens with one attached hydrogen (secondary N) is 1. The van der Waals surface area contributed by atoms with Crippen molar-refractivity contribution >= 4 is 22.0 Å². The molecule has 1 amide bonds. The molecule has 0 radical (unpaired) electrons. The Hall–Kier alpha value is -1.62. The maximum atomic E-state index is 11.9. The molecule has 0 saturated carbocycles. The van der Waals surface area contributed by atoms with Gasteiger partial charge in [-0.3, -0.25) is 4.79 Å². The summed E-state index contributed by atoms with van der Waals surface area (Å²) in [5, 5.41) is 0. The van der Waals surface area contributed by atoms with Crippen LogP contribution in [0, 0.1) is 0 Å². The first kappa shape index (κ1) is 11.9. The summed E-state index contributed by atoms with van der Waals surface area (Å²) in [4.78, 5) is 11.1. The molecule has 5 heteroatoms. The number of aryl methyl sites for hydroxylation is 1. The van der Waals surface area contributed by atoms with Gasteiger partial charge in [0.2, 0.25) is 5.91 Å². The van der Waals surface area contributed by atoms with Gasteiger partial charge in [-0.1, -0.05) is 24.3 Å². The summed E-state index contributed by atoms with van der Waals surface area (Å²) in [6, 6.07) is 5.12. The summed E-state index contributed by atoms with van der Waals surface area (Å²) in [6.45, 7) is 1.18. The molecule has 1 aliphatic rings. The molecule has 0 unspecified atom stereocenters. The predicted molar refractivity (Wildman–Crippen MR) is 64.8 cm³/mol. The molecule has 0 bridgehead atoms. The van der Waals surface area contributed by atoms with Crippen LogP contribution in [0.15, 0.2) is 29.2 Å². The Morgan fingerprint density at radius 3 is 2.82 bits per heavy atom. The van der Waals surface area contributed by atoms with Crippen LogP contribution in [0.4, 0.5) is 0 Å². The zero-order valence-corrected chi connectivity index (χ0v) is 10.3. The summed E-state index contributed by atoms with van der Waals surface area (Å²) >= 11 is 0. The fourth-order valence-corrected chi connectivity index (χ4v) is 3.15. The Bertz CT molecular complexity index is 588. The van der Waals surface area contributed by atoms with E-state index in [0.717, 1.165) is 18.4 Å². The van der Waals surface area contributed by atoms with Crippen LogP contribution in [0.2, 0.25) is 0 Å². The molecule has 17 heavy (non-hydrogen) atoms. The second-order valence-corrected chi connectivity index (χ2v) is 5.58. The van der Waals surface area contributed by atoms with Gasteiger partial charge in [0.15, 0.2) is 0 Å². The lowest BCUT2D eigenvalue weighted by Gasteiger charge is -2.14. The van der Waals surface area contributed by atoms with E-state index in [0.29, 0.717) is 5.56 Å². The molecule has 0 fully saturated rings. The van der Waals surface area contributed by atoms with E-state index in [1.807, 2.05) is 16.9 Å². The van der Waals surface area contributed by atoms with Gasteiger partial charge in [-0.15, -0.1) is 0 Å². The van der Waals surface area contributed by atoms with Crippen LogP contribution >= 0.6 is 0 Å². The van der Waals surface area contributed by atoms with Gasteiger partial charge in [-0.2, -0.15) is 0 Å². The van der Waals surface area contributed by atoms with E-state index >= 15 is 0 Å². The molecular weight excluding hydrogens is 238 g/mol. The van der Waals surface area contributed by atoms with E-state index in [4.69, 9.17) is 0 Å². The highest BCUT2D eigenvalue weighted by Gasteiger charge is 2.21. The van der Waals surface area contributed by atoms with E-state index in [-0.39, 0.29) is 4.90 Å². The molecule has 90 valence electrons. The average molecular weight is 251 g/mol. The number of amides is 1. The molecule has 0 heterocycles. The quantitative estimate of drug-likeness (QED) is 0.865. The Balaban J connectivity index is 2.54. The minimum atomic E-state index is -3.75. The molecule has 0 saturated heterocycles. The lowest BCUT2D eigenvalue weighted by Crippen LogP contribution is -2.29. The predicted octanol–water partition coefficient (Wildman–Crippen LogP) is 1.47. The second kappa shape index (κ2) is 4.33. The van der Waals surface area contributed by atoms with Gasteiger partial charge in [0.1, 0.15) is 0 Å². The van der Waals surface area contributed by atoms with E-state index in [9.17, 15) is 13.2 Å². The van der Waals surface area contributed by atoms with Crippen molar-refractivity contribution in [2.45, 2.75) is 24.7 Å². The van der Waals surface area contributed by atoms with Gasteiger partial charge in [-0.25, -0.2) is 13.1 Å². The normalized spacial score (nSPS) is 14.2. The number of sulfonamides is 1. The van der Waals surface area contributed by atoms with Crippen molar-refractivity contribution in [1.82, 2.24) is 4.72 Å². The molecule has 0 aliphatic heterocycles. The van der Waals surface area contributed by atoms with E-state index in [1.54, 1.807) is 12.1 Å². The minimum Gasteiger partial charge on any atom is -0.274 e. The van der Waals surface area contributed by atoms with Crippen LogP contribution in [0.3, 0.4) is 0 Å². The number of carbonyl (C=O) groups is 1. The SMILES string of the molecule is CC(=O)NS(=O)(=O)c1cccc2c1C=CCC2. The molecule has 0 atom stereocenters. The van der Waals surface area contributed by atoms with Crippen LogP contribution in [0.5, 0.6) is 0 Å². The molecule has 0 aromatic heterocycles. The standard InChI is InChI=1S/C12H13NO3S/c1-9(14)13-17(15,16)12-8-4-6-10-5-2-3-7-11(10)12/h3-4,6-8H,2,5H2,1H3,(H,13,14). The van der Waals surface area contributed by atoms with Gasteiger partial charge >= 0.3 is 0 Å². The number of allylic oxidation sites excluding steroid dienone is 1. The lowest BCUT2D eigenvalue weighted by atomic mass is 9.98. The van der Waals surface area contributed by atoms with Gasteiger partial charge in [-0.05, 0) is 30.0 Å². The second-order valence-electron chi connectivity index (χ2n) is 3.93. The number of benzene rings is 1. The number of fused-ring (bicyclic) bond motifs is 1. The largest absolute Gasteiger partial charge is 0.274 e. The molecule has 0 spiro atoms. The Morgan fingerprint density at radius 2 is 2.12 bits per heavy atom. The summed E-state index contributed by atoms with van der Waals surface area (Å²) in [6.07, 6.45) is 5.48. The maximum Gasteiger partial charge on any atom is 0.264 e. The topological polar surface area (TPSA) is 63.2 Å². The Labute approximate surface area is 100 Å². The molecule has 1 aliphatic carbocycles. The Morgan fingerprint density at radius 1 is 1.35 bits per heavy atom. The number of hydrogen-bond acceptors (Lipinski definition) is 3. The number of rotatable bonds is 2. The molecule has 2 rings (SSSR count). The zero-order chi connectivity index (χ0) is 12.5. The van der Waals surface area contributed by atoms with Crippen LogP contribution in [0.25, 0.3) is 6.08 Å². The molecule has 4 nitrogen and oxygen atoms in total. The fraction of sp³-hybridized carbons (Fsp3) is 0.250. The molecule has 1 aromatic rings. The first-order valence-corrected chi connectivity index (χ1v) is 6.81. The fourth-order valence-electron chi connectivity index (χ4n) is 1.92. The number of hydrogen-bond donors (Lipinski definition) is 1. The van der Waals surface area contributed by atoms with Crippen molar-refractivity contribution in [3.05, 3.63) is 35.4 Å². The first-order chi connectivity index (χ1) is 8.00. The zero-order valence-electron chi connectivity index (χ0n) is 9.43. The first-order valence-electron chi connectivity index (χ1n) is 5.32. The van der Waals surface area contributed by atoms with Crippen molar-refractivity contribution in [2.75, 3.05) is 0 Å².